The third kappa shape index (κ3) is 3.92. The van der Waals surface area contributed by atoms with E-state index in [4.69, 9.17) is 25.7 Å². The SMILES string of the molecule is CO[C@](C)(C(C)=O)[C@H]1CCc2cc(C(=N)N[C@H]3C[C@](N)(CCO)C3)ccc2O1. The molecule has 1 aliphatic carbocycles. The number of nitrogens with two attached hydrogens (primary N) is 1. The number of methoxy groups -OCH3 is 1. The van der Waals surface area contributed by atoms with Gasteiger partial charge in [-0.2, -0.15) is 0 Å². The first kappa shape index (κ1) is 20.8. The molecule has 0 aromatic heterocycles. The van der Waals surface area contributed by atoms with Crippen LogP contribution in [0.5, 0.6) is 5.75 Å². The number of amidine groups is 1. The molecule has 5 N–H and O–H groups in total. The highest BCUT2D eigenvalue weighted by molar-refractivity contribution is 5.97. The zero-order chi connectivity index (χ0) is 20.5. The van der Waals surface area contributed by atoms with Crippen LogP contribution in [0, 0.1) is 5.41 Å². The Balaban J connectivity index is 1.64. The highest BCUT2D eigenvalue weighted by atomic mass is 16.5. The van der Waals surface area contributed by atoms with E-state index in [0.717, 1.165) is 36.1 Å². The molecule has 154 valence electrons. The molecule has 0 radical (unpaired) electrons. The Morgan fingerprint density at radius 1 is 1.50 bits per heavy atom. The molecule has 1 aliphatic heterocycles. The van der Waals surface area contributed by atoms with Crippen LogP contribution in [0.2, 0.25) is 0 Å². The summed E-state index contributed by atoms with van der Waals surface area (Å²) < 4.78 is 11.5. The number of rotatable bonds is 7. The zero-order valence-corrected chi connectivity index (χ0v) is 16.9. The average Bonchev–Trinajstić information content (AvgIpc) is 2.65. The van der Waals surface area contributed by atoms with Gasteiger partial charge in [-0.05, 0) is 69.7 Å². The van der Waals surface area contributed by atoms with Gasteiger partial charge in [0, 0.05) is 30.9 Å². The molecule has 1 fully saturated rings. The summed E-state index contributed by atoms with van der Waals surface area (Å²) in [6.07, 6.45) is 3.22. The van der Waals surface area contributed by atoms with Crippen LogP contribution >= 0.6 is 0 Å². The predicted molar refractivity (Wildman–Crippen MR) is 107 cm³/mol. The van der Waals surface area contributed by atoms with Crippen LogP contribution in [0.15, 0.2) is 18.2 Å². The van der Waals surface area contributed by atoms with Crippen LogP contribution in [0.1, 0.15) is 50.7 Å². The summed E-state index contributed by atoms with van der Waals surface area (Å²) in [6.45, 7) is 3.39. The number of Topliss-reactive ketones (excluding diaryl/α,β-unsaturated/α-hetero) is 1. The lowest BCUT2D eigenvalue weighted by Crippen LogP contribution is -2.60. The van der Waals surface area contributed by atoms with E-state index in [1.54, 1.807) is 6.92 Å². The molecule has 7 nitrogen and oxygen atoms in total. The number of hydrogen-bond acceptors (Lipinski definition) is 6. The molecule has 0 saturated heterocycles. The largest absolute Gasteiger partial charge is 0.487 e. The number of ether oxygens (including phenoxy) is 2. The van der Waals surface area contributed by atoms with Gasteiger partial charge in [-0.25, -0.2) is 0 Å². The van der Waals surface area contributed by atoms with Gasteiger partial charge >= 0.3 is 0 Å². The summed E-state index contributed by atoms with van der Waals surface area (Å²) in [5.41, 5.74) is 6.74. The molecule has 0 unspecified atom stereocenters. The normalized spacial score (nSPS) is 28.3. The molecule has 0 amide bonds. The monoisotopic (exact) mass is 389 g/mol. The van der Waals surface area contributed by atoms with Crippen LogP contribution in [0.3, 0.4) is 0 Å². The van der Waals surface area contributed by atoms with Crippen molar-refractivity contribution < 1.29 is 19.4 Å². The minimum absolute atomic E-state index is 0.0521. The second-order valence-electron chi connectivity index (χ2n) is 8.30. The fraction of sp³-hybridized carbons (Fsp3) is 0.619. The Hall–Kier alpha value is -1.96. The lowest BCUT2D eigenvalue weighted by atomic mass is 9.71. The second kappa shape index (κ2) is 7.81. The Kier molecular flexibility index (Phi) is 5.79. The maximum absolute atomic E-state index is 12.0. The van der Waals surface area contributed by atoms with E-state index in [9.17, 15) is 4.79 Å². The van der Waals surface area contributed by atoms with Crippen LogP contribution < -0.4 is 15.8 Å². The minimum Gasteiger partial charge on any atom is -0.487 e. The quantitative estimate of drug-likeness (QED) is 0.415. The zero-order valence-electron chi connectivity index (χ0n) is 16.9. The highest BCUT2D eigenvalue weighted by Gasteiger charge is 2.43. The molecule has 7 heteroatoms. The molecule has 2 atom stereocenters. The highest BCUT2D eigenvalue weighted by Crippen LogP contribution is 2.35. The maximum atomic E-state index is 12.0. The van der Waals surface area contributed by atoms with Crippen LogP contribution in [0.25, 0.3) is 0 Å². The molecular formula is C21H31N3O4. The number of carbonyl (C=O) groups is 1. The van der Waals surface area contributed by atoms with Crippen molar-refractivity contribution in [1.82, 2.24) is 5.32 Å². The first-order chi connectivity index (χ1) is 13.2. The standard InChI is InChI=1S/C21H31N3O4/c1-13(26)20(2,27-3)18-7-5-14-10-15(4-6-17(14)28-18)19(22)24-16-11-21(23,12-16)8-9-25/h4,6,10,16,18,25H,5,7-9,11-12,23H2,1-3H3,(H2,22,24)/t16-,18-,20-,21+/m1/s1. The van der Waals surface area contributed by atoms with Gasteiger partial charge in [0.1, 0.15) is 17.7 Å². The van der Waals surface area contributed by atoms with Gasteiger partial charge in [-0.3, -0.25) is 10.2 Å². The van der Waals surface area contributed by atoms with Crippen molar-refractivity contribution in [2.45, 2.75) is 69.2 Å². The maximum Gasteiger partial charge on any atom is 0.165 e. The Labute approximate surface area is 166 Å². The molecule has 1 heterocycles. The molecule has 1 aromatic carbocycles. The van der Waals surface area contributed by atoms with E-state index in [-0.39, 0.29) is 30.1 Å². The minimum atomic E-state index is -0.960. The molecular weight excluding hydrogens is 358 g/mol. The van der Waals surface area contributed by atoms with Crippen molar-refractivity contribution in [2.24, 2.45) is 5.73 Å². The summed E-state index contributed by atoms with van der Waals surface area (Å²) in [5, 5.41) is 20.7. The molecule has 28 heavy (non-hydrogen) atoms. The first-order valence-corrected chi connectivity index (χ1v) is 9.82. The van der Waals surface area contributed by atoms with E-state index in [2.05, 4.69) is 5.32 Å². The van der Waals surface area contributed by atoms with Gasteiger partial charge in [0.15, 0.2) is 11.4 Å². The van der Waals surface area contributed by atoms with E-state index in [1.807, 2.05) is 18.2 Å². The van der Waals surface area contributed by atoms with Crippen molar-refractivity contribution in [2.75, 3.05) is 13.7 Å². The predicted octanol–water partition coefficient (Wildman–Crippen LogP) is 1.53. The first-order valence-electron chi connectivity index (χ1n) is 9.82. The number of hydrogen-bond donors (Lipinski definition) is 4. The van der Waals surface area contributed by atoms with Gasteiger partial charge in [0.25, 0.3) is 0 Å². The molecule has 1 aromatic rings. The van der Waals surface area contributed by atoms with Gasteiger partial charge < -0.3 is 25.6 Å². The fourth-order valence-electron chi connectivity index (χ4n) is 4.17. The van der Waals surface area contributed by atoms with Crippen molar-refractivity contribution in [3.8, 4) is 5.75 Å². The lowest BCUT2D eigenvalue weighted by Gasteiger charge is -2.45. The number of aliphatic hydroxyl groups excluding tert-OH is 1. The number of ketones is 1. The van der Waals surface area contributed by atoms with E-state index in [1.165, 1.54) is 14.0 Å². The van der Waals surface area contributed by atoms with Crippen LogP contribution in [-0.4, -0.2) is 53.7 Å². The molecule has 0 bridgehead atoms. The van der Waals surface area contributed by atoms with Crippen molar-refractivity contribution in [3.63, 3.8) is 0 Å². The topological polar surface area (TPSA) is 118 Å². The number of fused-ring (bicyclic) bond motifs is 1. The van der Waals surface area contributed by atoms with Gasteiger partial charge in [0.2, 0.25) is 0 Å². The third-order valence-electron chi connectivity index (χ3n) is 6.30. The van der Waals surface area contributed by atoms with E-state index in [0.29, 0.717) is 18.7 Å². The van der Waals surface area contributed by atoms with Crippen molar-refractivity contribution >= 4 is 11.6 Å². The van der Waals surface area contributed by atoms with E-state index >= 15 is 0 Å². The number of aliphatic hydroxyl groups is 1. The number of aryl methyl sites for hydroxylation is 1. The number of carbonyl (C=O) groups excluding carboxylic acids is 1. The number of nitrogens with one attached hydrogen (secondary N) is 2. The Morgan fingerprint density at radius 3 is 2.82 bits per heavy atom. The molecule has 3 rings (SSSR count). The third-order valence-corrected chi connectivity index (χ3v) is 6.30. The smallest absolute Gasteiger partial charge is 0.165 e. The van der Waals surface area contributed by atoms with Crippen molar-refractivity contribution in [3.05, 3.63) is 29.3 Å². The van der Waals surface area contributed by atoms with Gasteiger partial charge in [-0.1, -0.05) is 0 Å². The summed E-state index contributed by atoms with van der Waals surface area (Å²) in [5.74, 6) is 1.06. The van der Waals surface area contributed by atoms with Crippen LogP contribution in [-0.2, 0) is 16.0 Å². The molecule has 1 saturated carbocycles. The Bertz CT molecular complexity index is 760. The van der Waals surface area contributed by atoms with Gasteiger partial charge in [0.05, 0.1) is 0 Å². The fourth-order valence-corrected chi connectivity index (χ4v) is 4.17. The van der Waals surface area contributed by atoms with Crippen LogP contribution in [0.4, 0.5) is 0 Å². The number of benzene rings is 1. The average molecular weight is 389 g/mol. The van der Waals surface area contributed by atoms with Crippen molar-refractivity contribution in [1.29, 1.82) is 5.41 Å². The van der Waals surface area contributed by atoms with E-state index < -0.39 is 5.60 Å². The summed E-state index contributed by atoms with van der Waals surface area (Å²) in [6, 6.07) is 5.86. The molecule has 2 aliphatic rings. The second-order valence-corrected chi connectivity index (χ2v) is 8.30. The Morgan fingerprint density at radius 2 is 2.21 bits per heavy atom. The summed E-state index contributed by atoms with van der Waals surface area (Å²) in [7, 11) is 1.54. The van der Waals surface area contributed by atoms with Gasteiger partial charge in [-0.15, -0.1) is 0 Å². The molecule has 0 spiro atoms. The summed E-state index contributed by atoms with van der Waals surface area (Å²) >= 11 is 0. The summed E-state index contributed by atoms with van der Waals surface area (Å²) in [4.78, 5) is 12.0. The lowest BCUT2D eigenvalue weighted by molar-refractivity contribution is -0.149.